The first kappa shape index (κ1) is 13.1. The molecule has 18 heavy (non-hydrogen) atoms. The summed E-state index contributed by atoms with van der Waals surface area (Å²) in [5.41, 5.74) is 4.07. The molecule has 0 saturated carbocycles. The Kier molecular flexibility index (Phi) is 3.17. The van der Waals surface area contributed by atoms with E-state index in [-0.39, 0.29) is 9.39 Å². The van der Waals surface area contributed by atoms with Crippen molar-refractivity contribution in [2.45, 2.75) is 0 Å². The molecule has 0 aliphatic rings. The summed E-state index contributed by atoms with van der Waals surface area (Å²) in [4.78, 5) is 0. The highest BCUT2D eigenvalue weighted by Crippen LogP contribution is 2.35. The molecule has 0 atom stereocenters. The number of nitrogens with two attached hydrogens (primary N) is 1. The van der Waals surface area contributed by atoms with Gasteiger partial charge in [0.25, 0.3) is 0 Å². The van der Waals surface area contributed by atoms with Crippen molar-refractivity contribution in [3.05, 3.63) is 32.7 Å². The maximum atomic E-state index is 13.4. The Morgan fingerprint density at radius 3 is 1.72 bits per heavy atom. The fraction of sp³-hybridized carbons (Fsp3) is 0. The summed E-state index contributed by atoms with van der Waals surface area (Å²) < 4.78 is 70.0. The molecule has 0 aliphatic heterocycles. The van der Waals surface area contributed by atoms with Crippen LogP contribution in [-0.2, 0) is 0 Å². The standard InChI is InChI=1S/C9H2F5IN2O/c10-2-1(8-7(15)9(16)17-18-8)3(11)5(13)6(14)4(2)12/h(H2,16,17). The Morgan fingerprint density at radius 2 is 1.33 bits per heavy atom. The molecular weight excluding hydrogens is 374 g/mol. The van der Waals surface area contributed by atoms with E-state index in [1.165, 1.54) is 22.6 Å². The van der Waals surface area contributed by atoms with Gasteiger partial charge in [-0.3, -0.25) is 0 Å². The maximum Gasteiger partial charge on any atom is 0.200 e. The van der Waals surface area contributed by atoms with Gasteiger partial charge in [-0.15, -0.1) is 0 Å². The zero-order valence-electron chi connectivity index (χ0n) is 8.20. The monoisotopic (exact) mass is 376 g/mol. The first-order valence-corrected chi connectivity index (χ1v) is 5.36. The third kappa shape index (κ3) is 1.72. The van der Waals surface area contributed by atoms with Crippen LogP contribution in [0.3, 0.4) is 0 Å². The number of nitrogen functional groups attached to an aromatic ring is 1. The number of aromatic nitrogens is 1. The minimum absolute atomic E-state index is 0.0455. The fourth-order valence-corrected chi connectivity index (χ4v) is 1.72. The van der Waals surface area contributed by atoms with Crippen molar-refractivity contribution in [2.75, 3.05) is 5.73 Å². The quantitative estimate of drug-likeness (QED) is 0.360. The van der Waals surface area contributed by atoms with E-state index in [0.717, 1.165) is 0 Å². The Balaban J connectivity index is 2.84. The van der Waals surface area contributed by atoms with E-state index < -0.39 is 40.4 Å². The highest BCUT2D eigenvalue weighted by Gasteiger charge is 2.30. The predicted octanol–water partition coefficient (Wildman–Crippen LogP) is 3.22. The second kappa shape index (κ2) is 4.37. The number of rotatable bonds is 1. The van der Waals surface area contributed by atoms with Crippen LogP contribution in [-0.4, -0.2) is 5.16 Å². The van der Waals surface area contributed by atoms with Crippen LogP contribution >= 0.6 is 22.6 Å². The summed E-state index contributed by atoms with van der Waals surface area (Å²) >= 11 is 1.52. The number of hydrogen-bond donors (Lipinski definition) is 1. The Hall–Kier alpha value is -1.39. The Labute approximate surface area is 110 Å². The van der Waals surface area contributed by atoms with Crippen LogP contribution in [0, 0.1) is 32.7 Å². The molecule has 96 valence electrons. The van der Waals surface area contributed by atoms with Crippen LogP contribution in [0.1, 0.15) is 0 Å². The van der Waals surface area contributed by atoms with Crippen LogP contribution in [0.15, 0.2) is 4.52 Å². The predicted molar refractivity (Wildman–Crippen MR) is 58.9 cm³/mol. The molecule has 0 radical (unpaired) electrons. The van der Waals surface area contributed by atoms with Gasteiger partial charge in [-0.1, -0.05) is 5.16 Å². The molecule has 0 bridgehead atoms. The molecule has 1 aromatic heterocycles. The number of halogens is 6. The summed E-state index contributed by atoms with van der Waals surface area (Å²) in [7, 11) is 0. The van der Waals surface area contributed by atoms with Crippen molar-refractivity contribution in [3.8, 4) is 11.3 Å². The van der Waals surface area contributed by atoms with Crippen molar-refractivity contribution in [1.29, 1.82) is 0 Å². The summed E-state index contributed by atoms with van der Waals surface area (Å²) in [5.74, 6) is -11.2. The first-order chi connectivity index (χ1) is 8.36. The minimum atomic E-state index is -2.24. The van der Waals surface area contributed by atoms with Gasteiger partial charge in [-0.05, 0) is 22.6 Å². The normalized spacial score (nSPS) is 11.0. The SMILES string of the molecule is Nc1noc(-c2c(F)c(F)c(F)c(F)c2F)c1I. The van der Waals surface area contributed by atoms with E-state index in [1.54, 1.807) is 0 Å². The summed E-state index contributed by atoms with van der Waals surface area (Å²) in [6.07, 6.45) is 0. The third-order valence-electron chi connectivity index (χ3n) is 2.10. The molecule has 2 aromatic rings. The lowest BCUT2D eigenvalue weighted by Gasteiger charge is -2.05. The topological polar surface area (TPSA) is 52.0 Å². The smallest absolute Gasteiger partial charge is 0.200 e. The molecule has 9 heteroatoms. The molecule has 2 N–H and O–H groups in total. The van der Waals surface area contributed by atoms with E-state index in [4.69, 9.17) is 5.73 Å². The molecule has 1 aromatic carbocycles. The lowest BCUT2D eigenvalue weighted by Crippen LogP contribution is -2.04. The molecule has 2 rings (SSSR count). The van der Waals surface area contributed by atoms with Crippen LogP contribution in [0.4, 0.5) is 27.8 Å². The molecule has 1 heterocycles. The lowest BCUT2D eigenvalue weighted by atomic mass is 10.1. The first-order valence-electron chi connectivity index (χ1n) is 4.28. The number of anilines is 1. The van der Waals surface area contributed by atoms with Crippen molar-refractivity contribution >= 4 is 28.4 Å². The fourth-order valence-electron chi connectivity index (χ4n) is 1.25. The van der Waals surface area contributed by atoms with Gasteiger partial charge in [0.2, 0.25) is 5.82 Å². The van der Waals surface area contributed by atoms with Crippen molar-refractivity contribution in [2.24, 2.45) is 0 Å². The highest BCUT2D eigenvalue weighted by molar-refractivity contribution is 14.1. The van der Waals surface area contributed by atoms with Gasteiger partial charge in [-0.2, -0.15) is 0 Å². The number of nitrogens with zero attached hydrogens (tertiary/aromatic N) is 1. The van der Waals surface area contributed by atoms with Gasteiger partial charge in [0, 0.05) is 0 Å². The van der Waals surface area contributed by atoms with E-state index in [0.29, 0.717) is 0 Å². The average molecular weight is 376 g/mol. The van der Waals surface area contributed by atoms with Crippen LogP contribution in [0.25, 0.3) is 11.3 Å². The Bertz CT molecular complexity index is 613. The highest BCUT2D eigenvalue weighted by atomic mass is 127. The molecule has 0 amide bonds. The zero-order chi connectivity index (χ0) is 13.6. The van der Waals surface area contributed by atoms with Gasteiger partial charge in [0.15, 0.2) is 34.8 Å². The molecule has 3 nitrogen and oxygen atoms in total. The van der Waals surface area contributed by atoms with Crippen LogP contribution in [0.5, 0.6) is 0 Å². The average Bonchev–Trinajstić information content (AvgIpc) is 2.66. The molecular formula is C9H2F5IN2O. The molecule has 0 unspecified atom stereocenters. The second-order valence-electron chi connectivity index (χ2n) is 3.16. The summed E-state index contributed by atoms with van der Waals surface area (Å²) in [6, 6.07) is 0. The second-order valence-corrected chi connectivity index (χ2v) is 4.23. The molecule has 0 spiro atoms. The van der Waals surface area contributed by atoms with Gasteiger partial charge < -0.3 is 10.3 Å². The van der Waals surface area contributed by atoms with Crippen molar-refractivity contribution < 1.29 is 26.5 Å². The van der Waals surface area contributed by atoms with Crippen molar-refractivity contribution in [1.82, 2.24) is 5.16 Å². The lowest BCUT2D eigenvalue weighted by molar-refractivity contribution is 0.373. The van der Waals surface area contributed by atoms with Crippen molar-refractivity contribution in [3.63, 3.8) is 0 Å². The largest absolute Gasteiger partial charge is 0.380 e. The van der Waals surface area contributed by atoms with Gasteiger partial charge in [0.05, 0.1) is 5.56 Å². The van der Waals surface area contributed by atoms with Gasteiger partial charge in [-0.25, -0.2) is 22.0 Å². The van der Waals surface area contributed by atoms with Crippen LogP contribution in [0.2, 0.25) is 0 Å². The molecule has 0 aliphatic carbocycles. The van der Waals surface area contributed by atoms with E-state index in [9.17, 15) is 22.0 Å². The summed E-state index contributed by atoms with van der Waals surface area (Å²) in [5, 5.41) is 3.18. The third-order valence-corrected chi connectivity index (χ3v) is 3.14. The van der Waals surface area contributed by atoms with Crippen LogP contribution < -0.4 is 5.73 Å². The molecule has 0 fully saturated rings. The Morgan fingerprint density at radius 1 is 0.889 bits per heavy atom. The number of benzene rings is 1. The number of hydrogen-bond acceptors (Lipinski definition) is 3. The maximum absolute atomic E-state index is 13.4. The molecule has 0 saturated heterocycles. The van der Waals surface area contributed by atoms with E-state index >= 15 is 0 Å². The van der Waals surface area contributed by atoms with Gasteiger partial charge in [0.1, 0.15) is 3.57 Å². The van der Waals surface area contributed by atoms with Gasteiger partial charge >= 0.3 is 0 Å². The van der Waals surface area contributed by atoms with E-state index in [1.807, 2.05) is 0 Å². The minimum Gasteiger partial charge on any atom is -0.380 e. The summed E-state index contributed by atoms with van der Waals surface area (Å²) in [6.45, 7) is 0. The van der Waals surface area contributed by atoms with E-state index in [2.05, 4.69) is 9.68 Å². The zero-order valence-corrected chi connectivity index (χ0v) is 10.4.